The van der Waals surface area contributed by atoms with E-state index >= 15 is 0 Å². The molecule has 0 bridgehead atoms. The molecule has 0 radical (unpaired) electrons. The zero-order valence-corrected chi connectivity index (χ0v) is 28.6. The van der Waals surface area contributed by atoms with Crippen molar-refractivity contribution in [3.05, 3.63) is 113 Å². The molecule has 0 aliphatic rings. The third-order valence-electron chi connectivity index (χ3n) is 8.28. The van der Waals surface area contributed by atoms with Crippen LogP contribution in [0.1, 0.15) is 48.8 Å². The number of benzene rings is 4. The van der Waals surface area contributed by atoms with Crippen LogP contribution in [-0.4, -0.2) is 66.6 Å². The Morgan fingerprint density at radius 2 is 1.53 bits per heavy atom. The van der Waals surface area contributed by atoms with Crippen LogP contribution in [0.3, 0.4) is 0 Å². The molecule has 0 aliphatic heterocycles. The summed E-state index contributed by atoms with van der Waals surface area (Å²) in [5.74, 6) is -3.46. The minimum absolute atomic E-state index is 0.0812. The molecule has 3 N–H and O–H groups in total. The van der Waals surface area contributed by atoms with Crippen molar-refractivity contribution in [3.8, 4) is 0 Å². The van der Waals surface area contributed by atoms with Gasteiger partial charge in [0.05, 0.1) is 0 Å². The van der Waals surface area contributed by atoms with Crippen molar-refractivity contribution >= 4 is 45.9 Å². The van der Waals surface area contributed by atoms with E-state index in [0.29, 0.717) is 43.9 Å². The molecule has 0 spiro atoms. The number of ether oxygens (including phenoxy) is 2. The van der Waals surface area contributed by atoms with Gasteiger partial charge in [-0.25, -0.2) is 9.59 Å². The normalized spacial score (nSPS) is 12.4. The summed E-state index contributed by atoms with van der Waals surface area (Å²) in [6.45, 7) is 2.82. The number of aryl methyl sites for hydroxylation is 2. The van der Waals surface area contributed by atoms with Crippen LogP contribution < -0.4 is 10.2 Å². The largest absolute Gasteiger partial charge is 0.480 e. The highest BCUT2D eigenvalue weighted by molar-refractivity contribution is 6.31. The van der Waals surface area contributed by atoms with E-state index in [1.807, 2.05) is 55.5 Å². The second-order valence-electron chi connectivity index (χ2n) is 12.1. The zero-order valence-electron chi connectivity index (χ0n) is 27.9. The molecule has 2 atom stereocenters. The molecule has 0 saturated carbocycles. The van der Waals surface area contributed by atoms with E-state index in [0.717, 1.165) is 36.1 Å². The molecule has 10 heteroatoms. The third-order valence-corrected chi connectivity index (χ3v) is 8.68. The van der Waals surface area contributed by atoms with Crippen LogP contribution in [0.2, 0.25) is 5.02 Å². The minimum atomic E-state index is -1.77. The summed E-state index contributed by atoms with van der Waals surface area (Å²) in [7, 11) is 0. The molecular formula is C39H45ClN2O7. The highest BCUT2D eigenvalue weighted by Crippen LogP contribution is 2.25. The van der Waals surface area contributed by atoms with Gasteiger partial charge in [0.1, 0.15) is 6.61 Å². The predicted octanol–water partition coefficient (Wildman–Crippen LogP) is 7.06. The quantitative estimate of drug-likeness (QED) is 0.0795. The van der Waals surface area contributed by atoms with Crippen LogP contribution in [0, 0.1) is 6.92 Å². The van der Waals surface area contributed by atoms with Crippen LogP contribution >= 0.6 is 11.6 Å². The highest BCUT2D eigenvalue weighted by atomic mass is 35.5. The van der Waals surface area contributed by atoms with E-state index in [9.17, 15) is 19.5 Å². The van der Waals surface area contributed by atoms with E-state index in [4.69, 9.17) is 26.2 Å². The molecule has 9 nitrogen and oxygen atoms in total. The van der Waals surface area contributed by atoms with E-state index in [1.54, 1.807) is 0 Å². The van der Waals surface area contributed by atoms with Gasteiger partial charge in [-0.15, -0.1) is 0 Å². The molecule has 260 valence electrons. The van der Waals surface area contributed by atoms with Crippen molar-refractivity contribution in [1.82, 2.24) is 5.32 Å². The molecule has 0 fully saturated rings. The summed E-state index contributed by atoms with van der Waals surface area (Å²) < 4.78 is 10.9. The lowest BCUT2D eigenvalue weighted by molar-refractivity contribution is -0.172. The predicted molar refractivity (Wildman–Crippen MR) is 192 cm³/mol. The molecular weight excluding hydrogens is 644 g/mol. The molecule has 49 heavy (non-hydrogen) atoms. The number of halogens is 1. The number of nitrogens with one attached hydrogen (secondary N) is 1. The fourth-order valence-corrected chi connectivity index (χ4v) is 5.76. The maximum absolute atomic E-state index is 13.2. The molecule has 4 aromatic carbocycles. The number of hydrogen-bond acceptors (Lipinski definition) is 6. The number of nitrogens with zero attached hydrogens (tertiary/aromatic N) is 1. The Kier molecular flexibility index (Phi) is 14.9. The average Bonchev–Trinajstić information content (AvgIpc) is 3.09. The Hall–Kier alpha value is -4.44. The van der Waals surface area contributed by atoms with E-state index < -0.39 is 36.7 Å². The van der Waals surface area contributed by atoms with Crippen LogP contribution in [0.15, 0.2) is 91.0 Å². The summed E-state index contributed by atoms with van der Waals surface area (Å²) >= 11 is 6.43. The number of carboxylic acid groups (broad SMARTS) is 2. The lowest BCUT2D eigenvalue weighted by Crippen LogP contribution is -2.49. The van der Waals surface area contributed by atoms with Gasteiger partial charge in [0.2, 0.25) is 0 Å². The number of fused-ring (bicyclic) bond motifs is 1. The monoisotopic (exact) mass is 688 g/mol. The lowest BCUT2D eigenvalue weighted by atomic mass is 10.0. The number of carboxylic acids is 2. The van der Waals surface area contributed by atoms with Gasteiger partial charge in [0.15, 0.2) is 12.2 Å². The summed E-state index contributed by atoms with van der Waals surface area (Å²) in [4.78, 5) is 38.6. The molecule has 4 aromatic rings. The maximum Gasteiger partial charge on any atom is 0.336 e. The van der Waals surface area contributed by atoms with Crippen LogP contribution in [-0.2, 0) is 36.8 Å². The number of amides is 1. The topological polar surface area (TPSA) is 125 Å². The lowest BCUT2D eigenvalue weighted by Gasteiger charge is -2.26. The van der Waals surface area contributed by atoms with Crippen LogP contribution in [0.4, 0.5) is 5.69 Å². The first kappa shape index (κ1) is 37.4. The Balaban J connectivity index is 1.28. The highest BCUT2D eigenvalue weighted by Gasteiger charge is 2.36. The maximum atomic E-state index is 13.2. The van der Waals surface area contributed by atoms with E-state index in [2.05, 4.69) is 52.7 Å². The first-order valence-corrected chi connectivity index (χ1v) is 17.1. The first-order chi connectivity index (χ1) is 23.7. The van der Waals surface area contributed by atoms with Crippen LogP contribution in [0.25, 0.3) is 10.8 Å². The number of hydrogen-bond donors (Lipinski definition) is 3. The molecule has 0 aromatic heterocycles. The van der Waals surface area contributed by atoms with Gasteiger partial charge in [0.25, 0.3) is 5.91 Å². The second kappa shape index (κ2) is 19.5. The molecule has 0 saturated heterocycles. The Labute approximate surface area is 292 Å². The summed E-state index contributed by atoms with van der Waals surface area (Å²) in [5.41, 5.74) is 4.35. The van der Waals surface area contributed by atoms with E-state index in [1.165, 1.54) is 16.3 Å². The molecule has 4 rings (SSSR count). The Bertz CT molecular complexity index is 1670. The minimum Gasteiger partial charge on any atom is -0.480 e. The smallest absolute Gasteiger partial charge is 0.336 e. The van der Waals surface area contributed by atoms with Gasteiger partial charge in [-0.3, -0.25) is 4.79 Å². The number of unbranched alkanes of at least 4 members (excludes halogenated alkanes) is 3. The van der Waals surface area contributed by atoms with Crippen LogP contribution in [0.5, 0.6) is 0 Å². The number of carbonyl (C=O) groups excluding carboxylic acids is 1. The van der Waals surface area contributed by atoms with Gasteiger partial charge in [-0.2, -0.15) is 0 Å². The molecule has 1 amide bonds. The van der Waals surface area contributed by atoms with Crippen molar-refractivity contribution in [2.75, 3.05) is 31.2 Å². The summed E-state index contributed by atoms with van der Waals surface area (Å²) in [6.07, 6.45) is 1.33. The van der Waals surface area contributed by atoms with Gasteiger partial charge in [0, 0.05) is 37.0 Å². The SMILES string of the molecule is Cc1ccc(N(CCCCOC(C(=O)NCCCCCc2ccc3ccccc3c2)C(OCC(=O)O)C(=O)O)Cc2ccccc2)cc1Cl. The molecule has 2 unspecified atom stereocenters. The summed E-state index contributed by atoms with van der Waals surface area (Å²) in [5, 5.41) is 24.8. The van der Waals surface area contributed by atoms with E-state index in [-0.39, 0.29) is 6.61 Å². The number of carbonyl (C=O) groups is 3. The fraction of sp³-hybridized carbons (Fsp3) is 0.359. The van der Waals surface area contributed by atoms with Gasteiger partial charge < -0.3 is 29.9 Å². The first-order valence-electron chi connectivity index (χ1n) is 16.7. The Morgan fingerprint density at radius 1 is 0.776 bits per heavy atom. The average molecular weight is 689 g/mol. The van der Waals surface area contributed by atoms with Gasteiger partial charge >= 0.3 is 11.9 Å². The fourth-order valence-electron chi connectivity index (χ4n) is 5.58. The van der Waals surface area contributed by atoms with Gasteiger partial charge in [-0.05, 0) is 78.6 Å². The third kappa shape index (κ3) is 12.2. The second-order valence-corrected chi connectivity index (χ2v) is 12.5. The van der Waals surface area contributed by atoms with Crippen molar-refractivity contribution in [2.24, 2.45) is 0 Å². The number of anilines is 1. The standard InChI is InChI=1S/C39H45ClN2O7/c1-28-17-20-33(25-34(28)40)42(26-30-13-4-2-5-14-30)22-10-11-23-48-36(37(39(46)47)49-27-35(43)44)38(45)41-21-9-3-6-12-29-18-19-31-15-7-8-16-32(31)24-29/h2,4-5,7-8,13-20,24-25,36-37H,3,6,9-12,21-23,26-27H2,1H3,(H,41,45)(H,43,44)(H,46,47). The van der Waals surface area contributed by atoms with Crippen molar-refractivity contribution < 1.29 is 34.1 Å². The molecule has 0 aliphatic carbocycles. The van der Waals surface area contributed by atoms with Crippen molar-refractivity contribution in [1.29, 1.82) is 0 Å². The van der Waals surface area contributed by atoms with Crippen molar-refractivity contribution in [3.63, 3.8) is 0 Å². The summed E-state index contributed by atoms with van der Waals surface area (Å²) in [6, 6.07) is 30.7. The zero-order chi connectivity index (χ0) is 35.0. The number of aliphatic carboxylic acids is 2. The number of rotatable bonds is 21. The Morgan fingerprint density at radius 3 is 2.27 bits per heavy atom. The van der Waals surface area contributed by atoms with Crippen molar-refractivity contribution in [2.45, 2.75) is 64.2 Å². The molecule has 0 heterocycles. The van der Waals surface area contributed by atoms with Gasteiger partial charge in [-0.1, -0.05) is 96.9 Å².